The maximum Gasteiger partial charge on any atom is 0.244 e. The fourth-order valence-corrected chi connectivity index (χ4v) is 4.50. The molecule has 1 aliphatic rings. The third kappa shape index (κ3) is 2.61. The average molecular weight is 334 g/mol. The van der Waals surface area contributed by atoms with Crippen molar-refractivity contribution in [2.24, 2.45) is 0 Å². The minimum Gasteiger partial charge on any atom is -0.380 e. The van der Waals surface area contributed by atoms with Gasteiger partial charge in [0.1, 0.15) is 0 Å². The van der Waals surface area contributed by atoms with Crippen molar-refractivity contribution in [2.45, 2.75) is 24.3 Å². The molecule has 0 radical (unpaired) electrons. The first-order valence-electron chi connectivity index (χ1n) is 5.75. The van der Waals surface area contributed by atoms with Crippen LogP contribution in [-0.4, -0.2) is 39.0 Å². The average Bonchev–Trinajstić information content (AvgIpc) is 2.80. The van der Waals surface area contributed by atoms with Gasteiger partial charge >= 0.3 is 0 Å². The van der Waals surface area contributed by atoms with Crippen LogP contribution in [0.4, 0.5) is 0 Å². The molecule has 1 aliphatic heterocycles. The highest BCUT2D eigenvalue weighted by atomic mass is 79.9. The standard InChI is InChI=1S/C12H16BrNO3S/c1-9-3-4-12(11(13)7-9)18(15,16)14(2)10-5-6-17-8-10/h3-4,7,10H,5-6,8H2,1-2H3. The number of hydrogen-bond acceptors (Lipinski definition) is 3. The van der Waals surface area contributed by atoms with Gasteiger partial charge in [-0.1, -0.05) is 6.07 Å². The van der Waals surface area contributed by atoms with E-state index in [1.54, 1.807) is 19.2 Å². The molecule has 2 rings (SSSR count). The second-order valence-electron chi connectivity index (χ2n) is 4.47. The number of halogens is 1. The summed E-state index contributed by atoms with van der Waals surface area (Å²) in [6.07, 6.45) is 0.749. The van der Waals surface area contributed by atoms with Gasteiger partial charge in [-0.3, -0.25) is 0 Å². The van der Waals surface area contributed by atoms with Crippen molar-refractivity contribution in [3.63, 3.8) is 0 Å². The van der Waals surface area contributed by atoms with E-state index in [1.165, 1.54) is 4.31 Å². The van der Waals surface area contributed by atoms with Gasteiger partial charge in [0.15, 0.2) is 0 Å². The first kappa shape index (κ1) is 14.0. The van der Waals surface area contributed by atoms with E-state index >= 15 is 0 Å². The van der Waals surface area contributed by atoms with Crippen molar-refractivity contribution < 1.29 is 13.2 Å². The lowest BCUT2D eigenvalue weighted by Crippen LogP contribution is -2.37. The Morgan fingerprint density at radius 3 is 2.72 bits per heavy atom. The zero-order valence-electron chi connectivity index (χ0n) is 10.4. The lowest BCUT2D eigenvalue weighted by Gasteiger charge is -2.23. The summed E-state index contributed by atoms with van der Waals surface area (Å²) in [5.41, 5.74) is 1.02. The van der Waals surface area contributed by atoms with Gasteiger partial charge in [-0.2, -0.15) is 4.31 Å². The first-order chi connectivity index (χ1) is 8.43. The second-order valence-corrected chi connectivity index (χ2v) is 7.29. The molecule has 1 heterocycles. The SMILES string of the molecule is Cc1ccc(S(=O)(=O)N(C)C2CCOC2)c(Br)c1. The van der Waals surface area contributed by atoms with Gasteiger partial charge in [-0.05, 0) is 47.0 Å². The number of sulfonamides is 1. The molecule has 18 heavy (non-hydrogen) atoms. The van der Waals surface area contributed by atoms with Gasteiger partial charge in [-0.25, -0.2) is 8.42 Å². The normalized spacial score (nSPS) is 20.6. The van der Waals surface area contributed by atoms with Gasteiger partial charge in [0.2, 0.25) is 10.0 Å². The number of aryl methyl sites for hydroxylation is 1. The molecule has 0 bridgehead atoms. The van der Waals surface area contributed by atoms with Gasteiger partial charge in [-0.15, -0.1) is 0 Å². The van der Waals surface area contributed by atoms with E-state index in [-0.39, 0.29) is 6.04 Å². The fraction of sp³-hybridized carbons (Fsp3) is 0.500. The summed E-state index contributed by atoms with van der Waals surface area (Å²) in [5, 5.41) is 0. The Balaban J connectivity index is 2.35. The van der Waals surface area contributed by atoms with Gasteiger partial charge < -0.3 is 4.74 Å². The number of benzene rings is 1. The van der Waals surface area contributed by atoms with Crippen LogP contribution >= 0.6 is 15.9 Å². The van der Waals surface area contributed by atoms with Crippen molar-refractivity contribution in [3.8, 4) is 0 Å². The third-order valence-corrected chi connectivity index (χ3v) is 6.05. The molecule has 1 fully saturated rings. The van der Waals surface area contributed by atoms with Crippen molar-refractivity contribution in [2.75, 3.05) is 20.3 Å². The second kappa shape index (κ2) is 5.28. The predicted octanol–water partition coefficient (Wildman–Crippen LogP) is 2.17. The molecule has 0 spiro atoms. The molecular formula is C12H16BrNO3S. The molecule has 6 heteroatoms. The van der Waals surface area contributed by atoms with Crippen molar-refractivity contribution in [3.05, 3.63) is 28.2 Å². The minimum atomic E-state index is -3.46. The first-order valence-corrected chi connectivity index (χ1v) is 7.98. The quantitative estimate of drug-likeness (QED) is 0.851. The number of likely N-dealkylation sites (N-methyl/N-ethyl adjacent to an activating group) is 1. The number of nitrogens with zero attached hydrogens (tertiary/aromatic N) is 1. The topological polar surface area (TPSA) is 46.6 Å². The molecule has 0 N–H and O–H groups in total. The highest BCUT2D eigenvalue weighted by Crippen LogP contribution is 2.27. The number of hydrogen-bond donors (Lipinski definition) is 0. The Morgan fingerprint density at radius 1 is 1.44 bits per heavy atom. The van der Waals surface area contributed by atoms with Crippen LogP contribution in [0.15, 0.2) is 27.6 Å². The smallest absolute Gasteiger partial charge is 0.244 e. The molecule has 1 aromatic rings. The van der Waals surface area contributed by atoms with E-state index in [2.05, 4.69) is 15.9 Å². The lowest BCUT2D eigenvalue weighted by molar-refractivity contribution is 0.181. The fourth-order valence-electron chi connectivity index (χ4n) is 1.98. The maximum absolute atomic E-state index is 12.5. The molecule has 1 aromatic carbocycles. The highest BCUT2D eigenvalue weighted by Gasteiger charge is 2.31. The molecule has 4 nitrogen and oxygen atoms in total. The van der Waals surface area contributed by atoms with Crippen LogP contribution < -0.4 is 0 Å². The van der Waals surface area contributed by atoms with Crippen LogP contribution in [0.2, 0.25) is 0 Å². The van der Waals surface area contributed by atoms with Gasteiger partial charge in [0.25, 0.3) is 0 Å². The molecule has 1 atom stereocenters. The minimum absolute atomic E-state index is 0.0665. The van der Waals surface area contributed by atoms with Crippen molar-refractivity contribution in [1.29, 1.82) is 0 Å². The van der Waals surface area contributed by atoms with E-state index < -0.39 is 10.0 Å². The molecule has 1 saturated heterocycles. The number of ether oxygens (including phenoxy) is 1. The van der Waals surface area contributed by atoms with E-state index in [1.807, 2.05) is 13.0 Å². The van der Waals surface area contributed by atoms with Crippen LogP contribution in [0.3, 0.4) is 0 Å². The summed E-state index contributed by atoms with van der Waals surface area (Å²) in [7, 11) is -1.85. The summed E-state index contributed by atoms with van der Waals surface area (Å²) < 4.78 is 32.2. The maximum atomic E-state index is 12.5. The van der Waals surface area contributed by atoms with Crippen LogP contribution in [0.5, 0.6) is 0 Å². The van der Waals surface area contributed by atoms with Crippen molar-refractivity contribution in [1.82, 2.24) is 4.31 Å². The molecule has 100 valence electrons. The summed E-state index contributed by atoms with van der Waals surface area (Å²) in [6, 6.07) is 5.19. The Hall–Kier alpha value is -0.430. The Morgan fingerprint density at radius 2 is 2.17 bits per heavy atom. The van der Waals surface area contributed by atoms with E-state index in [0.29, 0.717) is 22.6 Å². The zero-order valence-corrected chi connectivity index (χ0v) is 12.8. The third-order valence-electron chi connectivity index (χ3n) is 3.16. The summed E-state index contributed by atoms with van der Waals surface area (Å²) in [4.78, 5) is 0.308. The van der Waals surface area contributed by atoms with Crippen LogP contribution in [0.25, 0.3) is 0 Å². The Kier molecular flexibility index (Phi) is 4.11. The highest BCUT2D eigenvalue weighted by molar-refractivity contribution is 9.10. The molecule has 0 aromatic heterocycles. The largest absolute Gasteiger partial charge is 0.380 e. The summed E-state index contributed by atoms with van der Waals surface area (Å²) >= 11 is 3.32. The summed E-state index contributed by atoms with van der Waals surface area (Å²) in [6.45, 7) is 3.02. The Bertz CT molecular complexity index is 538. The molecule has 0 saturated carbocycles. The molecule has 1 unspecified atom stereocenters. The Labute approximate surface area is 116 Å². The monoisotopic (exact) mass is 333 g/mol. The van der Waals surface area contributed by atoms with Gasteiger partial charge in [0, 0.05) is 18.1 Å². The molecule has 0 amide bonds. The molecular weight excluding hydrogens is 318 g/mol. The summed E-state index contributed by atoms with van der Waals surface area (Å²) in [5.74, 6) is 0. The lowest BCUT2D eigenvalue weighted by atomic mass is 10.2. The van der Waals surface area contributed by atoms with Crippen LogP contribution in [-0.2, 0) is 14.8 Å². The van der Waals surface area contributed by atoms with Crippen LogP contribution in [0.1, 0.15) is 12.0 Å². The van der Waals surface area contributed by atoms with E-state index in [4.69, 9.17) is 4.74 Å². The zero-order chi connectivity index (χ0) is 13.3. The number of rotatable bonds is 3. The van der Waals surface area contributed by atoms with Gasteiger partial charge in [0.05, 0.1) is 17.5 Å². The van der Waals surface area contributed by atoms with E-state index in [0.717, 1.165) is 12.0 Å². The van der Waals surface area contributed by atoms with Crippen LogP contribution in [0, 0.1) is 6.92 Å². The molecule has 0 aliphatic carbocycles. The van der Waals surface area contributed by atoms with Crippen molar-refractivity contribution >= 4 is 26.0 Å². The predicted molar refractivity (Wildman–Crippen MR) is 73.1 cm³/mol. The van der Waals surface area contributed by atoms with E-state index in [9.17, 15) is 8.42 Å².